The average molecular weight is 368 g/mol. The molecule has 0 saturated heterocycles. The van der Waals surface area contributed by atoms with Crippen LogP contribution in [0.25, 0.3) is 0 Å². The summed E-state index contributed by atoms with van der Waals surface area (Å²) in [5, 5.41) is 0.312. The van der Waals surface area contributed by atoms with E-state index in [1.807, 2.05) is 13.8 Å². The van der Waals surface area contributed by atoms with Gasteiger partial charge >= 0.3 is 5.97 Å². The van der Waals surface area contributed by atoms with E-state index in [2.05, 4.69) is 4.72 Å². The van der Waals surface area contributed by atoms with Gasteiger partial charge < -0.3 is 4.74 Å². The van der Waals surface area contributed by atoms with Crippen LogP contribution in [0.3, 0.4) is 0 Å². The lowest BCUT2D eigenvalue weighted by molar-refractivity contribution is -0.145. The number of halogens is 1. The van der Waals surface area contributed by atoms with Crippen LogP contribution in [-0.2, 0) is 19.6 Å². The SMILES string of the molecule is CCOC(=O)[C@@H](C)/C=C(\Cl)[C@H](CC(C)C)NS(=O)(=O)C(C)(C)C. The maximum atomic E-state index is 12.4. The Morgan fingerprint density at radius 2 is 1.78 bits per heavy atom. The van der Waals surface area contributed by atoms with Gasteiger partial charge in [-0.25, -0.2) is 13.1 Å². The molecule has 1 N–H and O–H groups in total. The summed E-state index contributed by atoms with van der Waals surface area (Å²) in [4.78, 5) is 11.7. The van der Waals surface area contributed by atoms with Crippen molar-refractivity contribution in [3.8, 4) is 0 Å². The van der Waals surface area contributed by atoms with E-state index in [0.717, 1.165) is 0 Å². The van der Waals surface area contributed by atoms with Crippen molar-refractivity contribution in [3.05, 3.63) is 11.1 Å². The Morgan fingerprint density at radius 1 is 1.26 bits per heavy atom. The first-order valence-electron chi connectivity index (χ1n) is 7.87. The number of hydrogen-bond acceptors (Lipinski definition) is 4. The van der Waals surface area contributed by atoms with Crippen LogP contribution in [0.15, 0.2) is 11.1 Å². The molecular weight excluding hydrogens is 338 g/mol. The van der Waals surface area contributed by atoms with E-state index in [1.165, 1.54) is 0 Å². The molecule has 0 saturated carbocycles. The molecule has 0 aliphatic carbocycles. The number of ether oxygens (including phenoxy) is 1. The number of sulfonamides is 1. The van der Waals surface area contributed by atoms with E-state index < -0.39 is 26.7 Å². The van der Waals surface area contributed by atoms with E-state index in [-0.39, 0.29) is 11.9 Å². The van der Waals surface area contributed by atoms with Crippen LogP contribution >= 0.6 is 11.6 Å². The standard InChI is InChI=1S/C16H30ClNO4S/c1-8-22-15(19)12(4)10-13(17)14(9-11(2)3)18-23(20,21)16(5,6)7/h10-12,14,18H,8-9H2,1-7H3/b13-10-/t12-,14-/m0/s1. The molecule has 0 amide bonds. The predicted molar refractivity (Wildman–Crippen MR) is 94.8 cm³/mol. The molecule has 0 heterocycles. The number of carbonyl (C=O) groups excluding carboxylic acids is 1. The molecule has 0 aliphatic rings. The maximum Gasteiger partial charge on any atom is 0.312 e. The highest BCUT2D eigenvalue weighted by Gasteiger charge is 2.32. The Kier molecular flexibility index (Phi) is 8.81. The summed E-state index contributed by atoms with van der Waals surface area (Å²) in [6, 6.07) is -0.558. The van der Waals surface area contributed by atoms with Gasteiger partial charge in [-0.1, -0.05) is 31.5 Å². The highest BCUT2D eigenvalue weighted by Crippen LogP contribution is 2.23. The Labute approximate surface area is 145 Å². The first kappa shape index (κ1) is 22.4. The van der Waals surface area contributed by atoms with Gasteiger partial charge in [0.05, 0.1) is 23.3 Å². The molecule has 0 spiro atoms. The molecule has 0 aromatic carbocycles. The summed E-state index contributed by atoms with van der Waals surface area (Å²) < 4.78 is 31.4. The monoisotopic (exact) mass is 367 g/mol. The molecule has 23 heavy (non-hydrogen) atoms. The van der Waals surface area contributed by atoms with Crippen LogP contribution in [0.1, 0.15) is 54.9 Å². The van der Waals surface area contributed by atoms with Gasteiger partial charge in [-0.2, -0.15) is 0 Å². The molecule has 0 aliphatic heterocycles. The highest BCUT2D eigenvalue weighted by molar-refractivity contribution is 7.90. The molecule has 0 unspecified atom stereocenters. The summed E-state index contributed by atoms with van der Waals surface area (Å²) in [7, 11) is -3.55. The summed E-state index contributed by atoms with van der Waals surface area (Å²) in [6.45, 7) is 12.5. The summed E-state index contributed by atoms with van der Waals surface area (Å²) in [5.41, 5.74) is 0. The second kappa shape index (κ2) is 9.04. The molecule has 2 atom stereocenters. The zero-order valence-corrected chi connectivity index (χ0v) is 16.7. The van der Waals surface area contributed by atoms with E-state index in [9.17, 15) is 13.2 Å². The van der Waals surface area contributed by atoms with E-state index in [4.69, 9.17) is 16.3 Å². The van der Waals surface area contributed by atoms with Gasteiger partial charge in [0.2, 0.25) is 10.0 Å². The van der Waals surface area contributed by atoms with E-state index in [0.29, 0.717) is 18.1 Å². The minimum Gasteiger partial charge on any atom is -0.466 e. The number of hydrogen-bond donors (Lipinski definition) is 1. The highest BCUT2D eigenvalue weighted by atomic mass is 35.5. The first-order chi connectivity index (χ1) is 10.3. The van der Waals surface area contributed by atoms with Crippen molar-refractivity contribution in [2.45, 2.75) is 65.7 Å². The molecule has 7 heteroatoms. The van der Waals surface area contributed by atoms with Crippen LogP contribution in [0, 0.1) is 11.8 Å². The van der Waals surface area contributed by atoms with E-state index >= 15 is 0 Å². The van der Waals surface area contributed by atoms with Gasteiger partial charge in [0, 0.05) is 5.03 Å². The zero-order valence-electron chi connectivity index (χ0n) is 15.1. The van der Waals surface area contributed by atoms with Crippen LogP contribution in [-0.4, -0.2) is 31.8 Å². The van der Waals surface area contributed by atoms with Gasteiger partial charge in [-0.15, -0.1) is 0 Å². The van der Waals surface area contributed by atoms with Crippen molar-refractivity contribution in [2.75, 3.05) is 6.61 Å². The molecule has 0 fully saturated rings. The van der Waals surface area contributed by atoms with Gasteiger partial charge in [0.25, 0.3) is 0 Å². The maximum absolute atomic E-state index is 12.4. The fraction of sp³-hybridized carbons (Fsp3) is 0.812. The fourth-order valence-corrected chi connectivity index (χ4v) is 3.10. The molecule has 0 radical (unpaired) electrons. The molecule has 5 nitrogen and oxygen atoms in total. The average Bonchev–Trinajstić information content (AvgIpc) is 2.35. The van der Waals surface area contributed by atoms with Gasteiger partial charge in [-0.05, 0) is 47.0 Å². The van der Waals surface area contributed by atoms with Crippen molar-refractivity contribution in [2.24, 2.45) is 11.8 Å². The summed E-state index contributed by atoms with van der Waals surface area (Å²) in [5.74, 6) is -0.674. The lowest BCUT2D eigenvalue weighted by atomic mass is 10.0. The summed E-state index contributed by atoms with van der Waals surface area (Å²) >= 11 is 6.31. The molecule has 0 rings (SSSR count). The van der Waals surface area contributed by atoms with Crippen LogP contribution in [0.5, 0.6) is 0 Å². The smallest absolute Gasteiger partial charge is 0.312 e. The quantitative estimate of drug-likeness (QED) is 0.667. The lowest BCUT2D eigenvalue weighted by Crippen LogP contribution is -2.45. The van der Waals surface area contributed by atoms with Gasteiger partial charge in [-0.3, -0.25) is 4.79 Å². The molecule has 0 aromatic rings. The topological polar surface area (TPSA) is 72.5 Å². The Bertz CT molecular complexity index is 521. The molecule has 136 valence electrons. The summed E-state index contributed by atoms with van der Waals surface area (Å²) in [6.07, 6.45) is 2.10. The van der Waals surface area contributed by atoms with Crippen molar-refractivity contribution in [1.29, 1.82) is 0 Å². The van der Waals surface area contributed by atoms with Crippen molar-refractivity contribution in [3.63, 3.8) is 0 Å². The Morgan fingerprint density at radius 3 is 2.17 bits per heavy atom. The second-order valence-electron chi connectivity index (χ2n) is 7.01. The number of rotatable bonds is 8. The van der Waals surface area contributed by atoms with E-state index in [1.54, 1.807) is 40.7 Å². The largest absolute Gasteiger partial charge is 0.466 e. The minimum atomic E-state index is -3.55. The van der Waals surface area contributed by atoms with Crippen LogP contribution in [0.4, 0.5) is 0 Å². The molecule has 0 bridgehead atoms. The van der Waals surface area contributed by atoms with Crippen LogP contribution in [0.2, 0.25) is 0 Å². The third kappa shape index (κ3) is 7.68. The second-order valence-corrected chi connectivity index (χ2v) is 9.91. The Balaban J connectivity index is 5.36. The fourth-order valence-electron chi connectivity index (χ4n) is 1.75. The molecule has 0 aromatic heterocycles. The van der Waals surface area contributed by atoms with Crippen molar-refractivity contribution in [1.82, 2.24) is 4.72 Å². The molecular formula is C16H30ClNO4S. The van der Waals surface area contributed by atoms with Gasteiger partial charge in [0.1, 0.15) is 0 Å². The third-order valence-electron chi connectivity index (χ3n) is 3.21. The zero-order chi connectivity index (χ0) is 18.4. The Hall–Kier alpha value is -0.590. The minimum absolute atomic E-state index is 0.239. The van der Waals surface area contributed by atoms with Crippen molar-refractivity contribution >= 4 is 27.6 Å². The van der Waals surface area contributed by atoms with Gasteiger partial charge in [0.15, 0.2) is 0 Å². The number of carbonyl (C=O) groups is 1. The van der Waals surface area contributed by atoms with Crippen molar-refractivity contribution < 1.29 is 17.9 Å². The first-order valence-corrected chi connectivity index (χ1v) is 9.73. The number of nitrogens with one attached hydrogen (secondary N) is 1. The third-order valence-corrected chi connectivity index (χ3v) is 5.81. The normalized spacial score (nSPS) is 16.3. The predicted octanol–water partition coefficient (Wildman–Crippen LogP) is 3.44. The number of esters is 1. The van der Waals surface area contributed by atoms with Crippen LogP contribution < -0.4 is 4.72 Å². The lowest BCUT2D eigenvalue weighted by Gasteiger charge is -2.26.